The average Bonchev–Trinajstić information content (AvgIpc) is 2.18. The van der Waals surface area contributed by atoms with Crippen LogP contribution in [-0.4, -0.2) is 12.1 Å². The molecular formula is C11H7ClO2. The zero-order valence-electron chi connectivity index (χ0n) is 7.24. The molecule has 70 valence electrons. The molecule has 1 aromatic carbocycles. The molecular weight excluding hydrogens is 200 g/mol. The molecule has 0 heterocycles. The molecule has 1 aliphatic rings. The first kappa shape index (κ1) is 9.16. The maximum atomic E-state index is 11.3. The fourth-order valence-electron chi connectivity index (χ4n) is 1.54. The Labute approximate surface area is 86.2 Å². The lowest BCUT2D eigenvalue weighted by atomic mass is 9.87. The molecule has 0 aromatic heterocycles. The minimum absolute atomic E-state index is 0.171. The van der Waals surface area contributed by atoms with Gasteiger partial charge in [-0.1, -0.05) is 23.7 Å². The van der Waals surface area contributed by atoms with Crippen molar-refractivity contribution in [2.75, 3.05) is 0 Å². The molecule has 0 saturated carbocycles. The van der Waals surface area contributed by atoms with Crippen LogP contribution >= 0.6 is 11.6 Å². The first-order valence-electron chi connectivity index (χ1n) is 4.19. The molecule has 1 aromatic rings. The van der Waals surface area contributed by atoms with Gasteiger partial charge in [0.05, 0.1) is 0 Å². The highest BCUT2D eigenvalue weighted by Gasteiger charge is 2.23. The van der Waals surface area contributed by atoms with Gasteiger partial charge < -0.3 is 4.79 Å². The van der Waals surface area contributed by atoms with E-state index in [1.54, 1.807) is 24.3 Å². The van der Waals surface area contributed by atoms with Gasteiger partial charge in [-0.3, -0.25) is 4.79 Å². The van der Waals surface area contributed by atoms with Crippen LogP contribution < -0.4 is 0 Å². The summed E-state index contributed by atoms with van der Waals surface area (Å²) in [4.78, 5) is 22.1. The second kappa shape index (κ2) is 3.39. The Hall–Kier alpha value is -1.41. The number of fused-ring (bicyclic) bond motifs is 1. The Morgan fingerprint density at radius 2 is 2.07 bits per heavy atom. The fourth-order valence-corrected chi connectivity index (χ4v) is 1.72. The average molecular weight is 207 g/mol. The summed E-state index contributed by atoms with van der Waals surface area (Å²) >= 11 is 5.80. The molecule has 0 aliphatic heterocycles. The lowest BCUT2D eigenvalue weighted by Gasteiger charge is -2.15. The number of carbonyl (C=O) groups is 2. The summed E-state index contributed by atoms with van der Waals surface area (Å²) in [5.41, 5.74) is 1.58. The topological polar surface area (TPSA) is 34.1 Å². The third kappa shape index (κ3) is 1.38. The van der Waals surface area contributed by atoms with Gasteiger partial charge in [0.1, 0.15) is 12.2 Å². The lowest BCUT2D eigenvalue weighted by molar-refractivity contribution is -0.120. The Morgan fingerprint density at radius 3 is 2.79 bits per heavy atom. The van der Waals surface area contributed by atoms with Crippen LogP contribution in [0.2, 0.25) is 5.02 Å². The molecule has 2 rings (SSSR count). The maximum Gasteiger partial charge on any atom is 0.170 e. The quantitative estimate of drug-likeness (QED) is 0.522. The molecule has 1 unspecified atom stereocenters. The van der Waals surface area contributed by atoms with Crippen molar-refractivity contribution >= 4 is 29.7 Å². The molecule has 0 N–H and O–H groups in total. The normalized spacial score (nSPS) is 19.2. The van der Waals surface area contributed by atoms with E-state index in [4.69, 9.17) is 11.6 Å². The number of rotatable bonds is 1. The van der Waals surface area contributed by atoms with E-state index in [1.807, 2.05) is 0 Å². The van der Waals surface area contributed by atoms with Crippen molar-refractivity contribution in [3.63, 3.8) is 0 Å². The maximum absolute atomic E-state index is 11.3. The van der Waals surface area contributed by atoms with Crippen LogP contribution in [0.5, 0.6) is 0 Å². The van der Waals surface area contributed by atoms with Crippen LogP contribution in [0.15, 0.2) is 24.3 Å². The van der Waals surface area contributed by atoms with Crippen LogP contribution in [0.1, 0.15) is 17.0 Å². The molecule has 0 amide bonds. The van der Waals surface area contributed by atoms with Crippen LogP contribution in [0.4, 0.5) is 0 Å². The number of halogens is 1. The van der Waals surface area contributed by atoms with E-state index in [1.165, 1.54) is 6.08 Å². The van der Waals surface area contributed by atoms with Gasteiger partial charge in [0.2, 0.25) is 0 Å². The predicted molar refractivity (Wildman–Crippen MR) is 54.3 cm³/mol. The molecule has 1 atom stereocenters. The van der Waals surface area contributed by atoms with E-state index in [0.717, 1.165) is 11.1 Å². The standard InChI is InChI=1S/C11H7ClO2/c12-8-2-3-9-7(5-8)1-4-11(14)10(9)6-13/h1-6,10H. The Balaban J connectivity index is 2.60. The van der Waals surface area contributed by atoms with Gasteiger partial charge in [-0.2, -0.15) is 0 Å². The summed E-state index contributed by atoms with van der Waals surface area (Å²) in [6.45, 7) is 0. The predicted octanol–water partition coefficient (Wildman–Crippen LogP) is 2.22. The van der Waals surface area contributed by atoms with Gasteiger partial charge in [0, 0.05) is 5.02 Å². The van der Waals surface area contributed by atoms with Crippen molar-refractivity contribution in [3.05, 3.63) is 40.4 Å². The van der Waals surface area contributed by atoms with Crippen molar-refractivity contribution in [3.8, 4) is 0 Å². The van der Waals surface area contributed by atoms with Gasteiger partial charge in [0.25, 0.3) is 0 Å². The number of hydrogen-bond acceptors (Lipinski definition) is 2. The van der Waals surface area contributed by atoms with Crippen molar-refractivity contribution in [1.29, 1.82) is 0 Å². The summed E-state index contributed by atoms with van der Waals surface area (Å²) in [5, 5.41) is 0.604. The third-order valence-electron chi connectivity index (χ3n) is 2.25. The lowest BCUT2D eigenvalue weighted by Crippen LogP contribution is -2.15. The zero-order valence-corrected chi connectivity index (χ0v) is 7.99. The largest absolute Gasteiger partial charge is 0.302 e. The van der Waals surface area contributed by atoms with Gasteiger partial charge >= 0.3 is 0 Å². The second-order valence-electron chi connectivity index (χ2n) is 3.12. The number of carbonyl (C=O) groups excluding carboxylic acids is 2. The minimum atomic E-state index is -0.660. The minimum Gasteiger partial charge on any atom is -0.302 e. The number of allylic oxidation sites excluding steroid dienone is 1. The van der Waals surface area contributed by atoms with Gasteiger partial charge in [-0.05, 0) is 29.3 Å². The first-order valence-corrected chi connectivity index (χ1v) is 4.57. The van der Waals surface area contributed by atoms with Gasteiger partial charge in [-0.15, -0.1) is 0 Å². The molecule has 14 heavy (non-hydrogen) atoms. The third-order valence-corrected chi connectivity index (χ3v) is 2.49. The fraction of sp³-hybridized carbons (Fsp3) is 0.0909. The van der Waals surface area contributed by atoms with Crippen molar-refractivity contribution in [2.24, 2.45) is 0 Å². The monoisotopic (exact) mass is 206 g/mol. The Bertz CT molecular complexity index is 435. The van der Waals surface area contributed by atoms with Gasteiger partial charge in [-0.25, -0.2) is 0 Å². The van der Waals surface area contributed by atoms with Crippen molar-refractivity contribution in [2.45, 2.75) is 5.92 Å². The van der Waals surface area contributed by atoms with E-state index >= 15 is 0 Å². The zero-order chi connectivity index (χ0) is 10.1. The van der Waals surface area contributed by atoms with Crippen molar-refractivity contribution in [1.82, 2.24) is 0 Å². The summed E-state index contributed by atoms with van der Waals surface area (Å²) < 4.78 is 0. The molecule has 3 heteroatoms. The van der Waals surface area contributed by atoms with Crippen molar-refractivity contribution < 1.29 is 9.59 Å². The summed E-state index contributed by atoms with van der Waals surface area (Å²) in [5.74, 6) is -0.831. The molecule has 1 aliphatic carbocycles. The highest BCUT2D eigenvalue weighted by molar-refractivity contribution is 6.30. The number of aldehydes is 1. The number of benzene rings is 1. The Kier molecular flexibility index (Phi) is 2.22. The van der Waals surface area contributed by atoms with E-state index in [9.17, 15) is 9.59 Å². The van der Waals surface area contributed by atoms with Gasteiger partial charge in [0.15, 0.2) is 5.78 Å². The smallest absolute Gasteiger partial charge is 0.170 e. The first-order chi connectivity index (χ1) is 6.72. The molecule has 0 spiro atoms. The van der Waals surface area contributed by atoms with E-state index in [0.29, 0.717) is 11.3 Å². The molecule has 0 fully saturated rings. The van der Waals surface area contributed by atoms with E-state index in [-0.39, 0.29) is 5.78 Å². The summed E-state index contributed by atoms with van der Waals surface area (Å²) in [6.07, 6.45) is 3.76. The molecule has 2 nitrogen and oxygen atoms in total. The van der Waals surface area contributed by atoms with E-state index in [2.05, 4.69) is 0 Å². The highest BCUT2D eigenvalue weighted by Crippen LogP contribution is 2.28. The van der Waals surface area contributed by atoms with Crippen LogP contribution in [0.3, 0.4) is 0 Å². The number of hydrogen-bond donors (Lipinski definition) is 0. The second-order valence-corrected chi connectivity index (χ2v) is 3.56. The van der Waals surface area contributed by atoms with E-state index < -0.39 is 5.92 Å². The van der Waals surface area contributed by atoms with Crippen LogP contribution in [0.25, 0.3) is 6.08 Å². The SMILES string of the molecule is O=CC1C(=O)C=Cc2cc(Cl)ccc21. The highest BCUT2D eigenvalue weighted by atomic mass is 35.5. The van der Waals surface area contributed by atoms with Crippen LogP contribution in [-0.2, 0) is 9.59 Å². The summed E-state index contributed by atoms with van der Waals surface area (Å²) in [6, 6.07) is 5.15. The Morgan fingerprint density at radius 1 is 1.29 bits per heavy atom. The number of ketones is 1. The molecule has 0 saturated heterocycles. The van der Waals surface area contributed by atoms with Crippen LogP contribution in [0, 0.1) is 0 Å². The molecule has 0 bridgehead atoms. The summed E-state index contributed by atoms with van der Waals surface area (Å²) in [7, 11) is 0. The molecule has 0 radical (unpaired) electrons.